The van der Waals surface area contributed by atoms with Crippen molar-refractivity contribution in [3.8, 4) is 0 Å². The summed E-state index contributed by atoms with van der Waals surface area (Å²) in [5.74, 6) is 0. The highest BCUT2D eigenvalue weighted by molar-refractivity contribution is 7.99. The summed E-state index contributed by atoms with van der Waals surface area (Å²) in [6.45, 7) is 11.2. The Labute approximate surface area is 98.4 Å². The topological polar surface area (TPSA) is 6.48 Å². The van der Waals surface area contributed by atoms with Crippen molar-refractivity contribution >= 4 is 11.8 Å². The second-order valence-electron chi connectivity index (χ2n) is 5.53. The molecule has 0 aromatic heterocycles. The molecular formula is C12H24N2S. The molecule has 15 heavy (non-hydrogen) atoms. The summed E-state index contributed by atoms with van der Waals surface area (Å²) in [5.41, 5.74) is 0. The summed E-state index contributed by atoms with van der Waals surface area (Å²) < 4.78 is 0.417. The van der Waals surface area contributed by atoms with Crippen molar-refractivity contribution in [2.45, 2.75) is 37.5 Å². The minimum atomic E-state index is 0.417. The zero-order valence-corrected chi connectivity index (χ0v) is 11.1. The van der Waals surface area contributed by atoms with E-state index < -0.39 is 0 Å². The van der Waals surface area contributed by atoms with E-state index in [-0.39, 0.29) is 0 Å². The maximum atomic E-state index is 2.68. The number of hydrogen-bond acceptors (Lipinski definition) is 3. The smallest absolute Gasteiger partial charge is 0.0227 e. The summed E-state index contributed by atoms with van der Waals surface area (Å²) in [4.78, 5) is 5.35. The fraction of sp³-hybridized carbons (Fsp3) is 1.00. The van der Waals surface area contributed by atoms with Crippen LogP contribution in [0.5, 0.6) is 0 Å². The molecule has 0 bridgehead atoms. The van der Waals surface area contributed by atoms with Crippen molar-refractivity contribution in [1.29, 1.82) is 0 Å². The van der Waals surface area contributed by atoms with Gasteiger partial charge in [0.2, 0.25) is 0 Å². The Kier molecular flexibility index (Phi) is 3.63. The minimum Gasteiger partial charge on any atom is -0.299 e. The highest BCUT2D eigenvalue weighted by atomic mass is 32.2. The first-order valence-electron chi connectivity index (χ1n) is 6.12. The molecule has 0 N–H and O–H groups in total. The highest BCUT2D eigenvalue weighted by Crippen LogP contribution is 2.26. The van der Waals surface area contributed by atoms with E-state index in [1.165, 1.54) is 45.6 Å². The van der Waals surface area contributed by atoms with E-state index in [4.69, 9.17) is 0 Å². The summed E-state index contributed by atoms with van der Waals surface area (Å²) in [6, 6.07) is 0.872. The number of hydrogen-bond donors (Lipinski definition) is 0. The third-order valence-electron chi connectivity index (χ3n) is 3.83. The van der Waals surface area contributed by atoms with Gasteiger partial charge in [-0.15, -0.1) is 0 Å². The summed E-state index contributed by atoms with van der Waals surface area (Å²) in [7, 11) is 0. The van der Waals surface area contributed by atoms with Crippen molar-refractivity contribution in [2.75, 3.05) is 39.0 Å². The monoisotopic (exact) mass is 228 g/mol. The van der Waals surface area contributed by atoms with E-state index in [1.54, 1.807) is 0 Å². The standard InChI is InChI=1S/C12H24N2S/c1-12(2,15-3)10-13-7-8-14-6-4-5-11(14)9-13/h11H,4-10H2,1-3H3. The third kappa shape index (κ3) is 2.89. The van der Waals surface area contributed by atoms with Crippen LogP contribution in [0.1, 0.15) is 26.7 Å². The van der Waals surface area contributed by atoms with Gasteiger partial charge >= 0.3 is 0 Å². The Morgan fingerprint density at radius 1 is 1.27 bits per heavy atom. The van der Waals surface area contributed by atoms with Crippen LogP contribution in [0, 0.1) is 0 Å². The van der Waals surface area contributed by atoms with E-state index in [9.17, 15) is 0 Å². The summed E-state index contributed by atoms with van der Waals surface area (Å²) in [6.07, 6.45) is 5.08. The van der Waals surface area contributed by atoms with Gasteiger partial charge in [-0.1, -0.05) is 0 Å². The molecule has 2 heterocycles. The Hall–Kier alpha value is 0.270. The second-order valence-corrected chi connectivity index (χ2v) is 7.04. The molecule has 1 atom stereocenters. The Morgan fingerprint density at radius 3 is 2.80 bits per heavy atom. The van der Waals surface area contributed by atoms with Crippen LogP contribution < -0.4 is 0 Å². The molecule has 88 valence electrons. The Morgan fingerprint density at radius 2 is 2.07 bits per heavy atom. The zero-order chi connectivity index (χ0) is 10.9. The molecule has 3 heteroatoms. The van der Waals surface area contributed by atoms with Crippen molar-refractivity contribution in [2.24, 2.45) is 0 Å². The first kappa shape index (κ1) is 11.7. The van der Waals surface area contributed by atoms with Gasteiger partial charge in [0.05, 0.1) is 0 Å². The van der Waals surface area contributed by atoms with Crippen molar-refractivity contribution in [1.82, 2.24) is 9.80 Å². The van der Waals surface area contributed by atoms with Crippen LogP contribution in [0.3, 0.4) is 0 Å². The molecule has 0 spiro atoms. The molecular weight excluding hydrogens is 204 g/mol. The largest absolute Gasteiger partial charge is 0.299 e. The lowest BCUT2D eigenvalue weighted by atomic mass is 10.1. The number of nitrogens with zero attached hydrogens (tertiary/aromatic N) is 2. The van der Waals surface area contributed by atoms with Crippen LogP contribution in [0.2, 0.25) is 0 Å². The summed E-state index contributed by atoms with van der Waals surface area (Å²) in [5, 5.41) is 0. The maximum absolute atomic E-state index is 2.68. The van der Waals surface area contributed by atoms with Gasteiger partial charge < -0.3 is 0 Å². The van der Waals surface area contributed by atoms with Gasteiger partial charge in [-0.25, -0.2) is 0 Å². The lowest BCUT2D eigenvalue weighted by Crippen LogP contribution is -2.52. The number of rotatable bonds is 3. The maximum Gasteiger partial charge on any atom is 0.0227 e. The molecule has 0 amide bonds. The molecule has 2 rings (SSSR count). The first-order valence-corrected chi connectivity index (χ1v) is 7.35. The Balaban J connectivity index is 1.85. The quantitative estimate of drug-likeness (QED) is 0.728. The van der Waals surface area contributed by atoms with Gasteiger partial charge in [0.25, 0.3) is 0 Å². The first-order chi connectivity index (χ1) is 7.11. The van der Waals surface area contributed by atoms with E-state index in [1.807, 2.05) is 11.8 Å². The van der Waals surface area contributed by atoms with E-state index >= 15 is 0 Å². The number of thioether (sulfide) groups is 1. The number of fused-ring (bicyclic) bond motifs is 1. The predicted octanol–water partition coefficient (Wildman–Crippen LogP) is 1.91. The SMILES string of the molecule is CSC(C)(C)CN1CCN2CCCC2C1. The Bertz CT molecular complexity index is 218. The molecule has 0 radical (unpaired) electrons. The molecule has 2 fully saturated rings. The van der Waals surface area contributed by atoms with E-state index in [2.05, 4.69) is 29.9 Å². The van der Waals surface area contributed by atoms with E-state index in [0.717, 1.165) is 6.04 Å². The average molecular weight is 228 g/mol. The minimum absolute atomic E-state index is 0.417. The molecule has 0 aromatic carbocycles. The van der Waals surface area contributed by atoms with Gasteiger partial charge in [0, 0.05) is 37.0 Å². The van der Waals surface area contributed by atoms with Gasteiger partial charge in [-0.05, 0) is 39.5 Å². The molecule has 1 unspecified atom stereocenters. The van der Waals surface area contributed by atoms with Crippen LogP contribution in [0.15, 0.2) is 0 Å². The third-order valence-corrected chi connectivity index (χ3v) is 5.06. The van der Waals surface area contributed by atoms with Crippen molar-refractivity contribution < 1.29 is 0 Å². The van der Waals surface area contributed by atoms with Crippen LogP contribution in [-0.2, 0) is 0 Å². The fourth-order valence-electron chi connectivity index (χ4n) is 2.80. The normalized spacial score (nSPS) is 29.4. The molecule has 2 aliphatic rings. The van der Waals surface area contributed by atoms with Gasteiger partial charge in [0.15, 0.2) is 0 Å². The van der Waals surface area contributed by atoms with Gasteiger partial charge in [-0.3, -0.25) is 9.80 Å². The van der Waals surface area contributed by atoms with Crippen molar-refractivity contribution in [3.63, 3.8) is 0 Å². The summed E-state index contributed by atoms with van der Waals surface area (Å²) >= 11 is 1.99. The van der Waals surface area contributed by atoms with Crippen LogP contribution >= 0.6 is 11.8 Å². The lowest BCUT2D eigenvalue weighted by molar-refractivity contribution is 0.0994. The second kappa shape index (κ2) is 4.64. The predicted molar refractivity (Wildman–Crippen MR) is 68.6 cm³/mol. The zero-order valence-electron chi connectivity index (χ0n) is 10.3. The molecule has 2 saturated heterocycles. The molecule has 2 aliphatic heterocycles. The van der Waals surface area contributed by atoms with Gasteiger partial charge in [0.1, 0.15) is 0 Å². The van der Waals surface area contributed by atoms with Crippen LogP contribution in [-0.4, -0.2) is 59.6 Å². The molecule has 0 saturated carbocycles. The highest BCUT2D eigenvalue weighted by Gasteiger charge is 2.32. The van der Waals surface area contributed by atoms with Gasteiger partial charge in [-0.2, -0.15) is 11.8 Å². The van der Waals surface area contributed by atoms with Crippen molar-refractivity contribution in [3.05, 3.63) is 0 Å². The van der Waals surface area contributed by atoms with Crippen LogP contribution in [0.4, 0.5) is 0 Å². The molecule has 0 aliphatic carbocycles. The molecule has 2 nitrogen and oxygen atoms in total. The lowest BCUT2D eigenvalue weighted by Gasteiger charge is -2.40. The average Bonchev–Trinajstić information content (AvgIpc) is 2.64. The fourth-order valence-corrected chi connectivity index (χ4v) is 3.11. The van der Waals surface area contributed by atoms with Crippen LogP contribution in [0.25, 0.3) is 0 Å². The van der Waals surface area contributed by atoms with E-state index in [0.29, 0.717) is 4.75 Å². The number of piperazine rings is 1. The molecule has 0 aromatic rings.